The lowest BCUT2D eigenvalue weighted by Gasteiger charge is -2.19. The van der Waals surface area contributed by atoms with Crippen molar-refractivity contribution in [1.82, 2.24) is 0 Å². The van der Waals surface area contributed by atoms with Crippen molar-refractivity contribution in [3.63, 3.8) is 0 Å². The second kappa shape index (κ2) is 10.2. The molecule has 0 heterocycles. The fourth-order valence-corrected chi connectivity index (χ4v) is 4.70. The van der Waals surface area contributed by atoms with E-state index in [1.54, 1.807) is 78.9 Å². The maximum atomic E-state index is 13.3. The van der Waals surface area contributed by atoms with E-state index >= 15 is 0 Å². The van der Waals surface area contributed by atoms with Gasteiger partial charge in [0.2, 0.25) is 11.6 Å². The molecule has 0 saturated heterocycles. The van der Waals surface area contributed by atoms with Gasteiger partial charge in [0.1, 0.15) is 0 Å². The van der Waals surface area contributed by atoms with Crippen molar-refractivity contribution in [1.29, 1.82) is 0 Å². The predicted molar refractivity (Wildman–Crippen MR) is 139 cm³/mol. The first kappa shape index (κ1) is 24.9. The molecule has 0 aliphatic rings. The molecule has 0 N–H and O–H groups in total. The summed E-state index contributed by atoms with van der Waals surface area (Å²) < 4.78 is 35.2. The van der Waals surface area contributed by atoms with Gasteiger partial charge in [0.25, 0.3) is 0 Å². The molecule has 4 aromatic rings. The molecule has 0 bridgehead atoms. The van der Waals surface area contributed by atoms with E-state index in [2.05, 4.69) is 0 Å². The predicted octanol–water partition coefficient (Wildman–Crippen LogP) is 5.51. The van der Waals surface area contributed by atoms with E-state index < -0.39 is 21.4 Å². The molecule has 0 aromatic heterocycles. The quantitative estimate of drug-likeness (QED) is 0.234. The number of methoxy groups -OCH3 is 2. The zero-order chi connectivity index (χ0) is 25.9. The maximum Gasteiger partial charge on any atom is 0.234 e. The number of benzene rings is 4. The Balaban J connectivity index is 1.93. The van der Waals surface area contributed by atoms with E-state index in [-0.39, 0.29) is 10.5 Å². The van der Waals surface area contributed by atoms with E-state index in [1.165, 1.54) is 26.4 Å². The summed E-state index contributed by atoms with van der Waals surface area (Å²) in [6.45, 7) is 0. The Bertz CT molecular complexity index is 1540. The van der Waals surface area contributed by atoms with Crippen molar-refractivity contribution in [2.75, 3.05) is 20.5 Å². The number of ether oxygens (including phenoxy) is 2. The molecule has 0 atom stereocenters. The number of carbonyl (C=O) groups excluding carboxylic acids is 2. The van der Waals surface area contributed by atoms with Gasteiger partial charge < -0.3 is 9.47 Å². The van der Waals surface area contributed by atoms with Crippen LogP contribution in [0.3, 0.4) is 0 Å². The Morgan fingerprint density at radius 3 is 1.92 bits per heavy atom. The smallest absolute Gasteiger partial charge is 0.234 e. The van der Waals surface area contributed by atoms with Crippen LogP contribution < -0.4 is 9.47 Å². The number of Topliss-reactive ketones (excluding diaryl/α,β-unsaturated/α-hetero) is 2. The van der Waals surface area contributed by atoms with E-state index in [4.69, 9.17) is 9.47 Å². The van der Waals surface area contributed by atoms with Crippen LogP contribution in [0.4, 0.5) is 0 Å². The summed E-state index contributed by atoms with van der Waals surface area (Å²) in [6, 6.07) is 25.2. The molecule has 4 aromatic carbocycles. The molecule has 7 heteroatoms. The molecular weight excluding hydrogens is 476 g/mol. The number of sulfone groups is 1. The average Bonchev–Trinajstić information content (AvgIpc) is 2.91. The lowest BCUT2D eigenvalue weighted by Crippen LogP contribution is -2.15. The first-order valence-corrected chi connectivity index (χ1v) is 12.9. The van der Waals surface area contributed by atoms with Crippen LogP contribution in [0.15, 0.2) is 95.9 Å². The van der Waals surface area contributed by atoms with Crippen molar-refractivity contribution in [2.45, 2.75) is 4.90 Å². The number of hydrogen-bond donors (Lipinski definition) is 0. The van der Waals surface area contributed by atoms with Gasteiger partial charge in [-0.05, 0) is 41.0 Å². The Morgan fingerprint density at radius 2 is 1.31 bits per heavy atom. The van der Waals surface area contributed by atoms with Gasteiger partial charge in [-0.2, -0.15) is 0 Å². The molecule has 0 aliphatic heterocycles. The third kappa shape index (κ3) is 4.78. The summed E-state index contributed by atoms with van der Waals surface area (Å²) in [5.74, 6) is -0.362. The number of hydrogen-bond acceptors (Lipinski definition) is 6. The van der Waals surface area contributed by atoms with Crippen LogP contribution in [-0.2, 0) is 9.84 Å². The molecule has 0 amide bonds. The van der Waals surface area contributed by atoms with Gasteiger partial charge >= 0.3 is 0 Å². The second-order valence-corrected chi connectivity index (χ2v) is 10.1. The molecule has 0 fully saturated rings. The molecule has 0 spiro atoms. The van der Waals surface area contributed by atoms with E-state index in [9.17, 15) is 18.0 Å². The zero-order valence-corrected chi connectivity index (χ0v) is 20.8. The first-order valence-electron chi connectivity index (χ1n) is 11.0. The SMILES string of the molecule is COc1ccc(-c2ccccc2C(=O)C(=O)c2ccccc2)c(-c2ccc(S(C)(=O)=O)cc2)c1OC. The summed E-state index contributed by atoms with van der Waals surface area (Å²) in [5, 5.41) is 0. The summed E-state index contributed by atoms with van der Waals surface area (Å²) in [4.78, 5) is 26.5. The van der Waals surface area contributed by atoms with Crippen molar-refractivity contribution in [3.8, 4) is 33.8 Å². The number of rotatable bonds is 8. The molecule has 36 heavy (non-hydrogen) atoms. The molecule has 0 saturated carbocycles. The van der Waals surface area contributed by atoms with Crippen LogP contribution in [0.5, 0.6) is 11.5 Å². The van der Waals surface area contributed by atoms with Crippen LogP contribution in [0.25, 0.3) is 22.3 Å². The molecule has 6 nitrogen and oxygen atoms in total. The molecule has 0 radical (unpaired) electrons. The highest BCUT2D eigenvalue weighted by Gasteiger charge is 2.25. The van der Waals surface area contributed by atoms with Gasteiger partial charge in [0, 0.05) is 22.9 Å². The van der Waals surface area contributed by atoms with E-state index in [0.29, 0.717) is 39.3 Å². The van der Waals surface area contributed by atoms with Gasteiger partial charge in [-0.15, -0.1) is 0 Å². The standard InChI is InChI=1S/C29H24O6S/c1-34-25-18-17-23(26(29(25)35-2)19-13-15-21(16-14-19)36(3,32)33)22-11-7-8-12-24(22)28(31)27(30)20-9-5-4-6-10-20/h4-18H,1-3H3. The van der Waals surface area contributed by atoms with Crippen LogP contribution in [0, 0.1) is 0 Å². The Morgan fingerprint density at radius 1 is 0.667 bits per heavy atom. The van der Waals surface area contributed by atoms with E-state index in [1.807, 2.05) is 0 Å². The average molecular weight is 501 g/mol. The van der Waals surface area contributed by atoms with Gasteiger partial charge in [-0.25, -0.2) is 8.42 Å². The molecule has 0 aliphatic carbocycles. The van der Waals surface area contributed by atoms with Crippen molar-refractivity contribution >= 4 is 21.4 Å². The highest BCUT2D eigenvalue weighted by molar-refractivity contribution is 7.90. The van der Waals surface area contributed by atoms with Crippen molar-refractivity contribution < 1.29 is 27.5 Å². The molecule has 4 rings (SSSR count). The van der Waals surface area contributed by atoms with Gasteiger partial charge in [0.15, 0.2) is 21.3 Å². The van der Waals surface area contributed by atoms with Crippen LogP contribution in [0.2, 0.25) is 0 Å². The normalized spacial score (nSPS) is 11.1. The third-order valence-electron chi connectivity index (χ3n) is 5.82. The van der Waals surface area contributed by atoms with Crippen molar-refractivity contribution in [3.05, 3.63) is 102 Å². The summed E-state index contributed by atoms with van der Waals surface area (Å²) in [6.07, 6.45) is 1.14. The minimum Gasteiger partial charge on any atom is -0.493 e. The Labute approximate surface area is 210 Å². The van der Waals surface area contributed by atoms with Gasteiger partial charge in [-0.1, -0.05) is 66.7 Å². The first-order chi connectivity index (χ1) is 17.3. The van der Waals surface area contributed by atoms with Gasteiger partial charge in [-0.3, -0.25) is 9.59 Å². The fourth-order valence-electron chi connectivity index (χ4n) is 4.07. The summed E-state index contributed by atoms with van der Waals surface area (Å²) in [5.41, 5.74) is 2.97. The Kier molecular flexibility index (Phi) is 7.03. The van der Waals surface area contributed by atoms with Crippen molar-refractivity contribution in [2.24, 2.45) is 0 Å². The third-order valence-corrected chi connectivity index (χ3v) is 6.95. The minimum atomic E-state index is -3.38. The number of carbonyl (C=O) groups is 2. The topological polar surface area (TPSA) is 86.7 Å². The number of ketones is 2. The zero-order valence-electron chi connectivity index (χ0n) is 20.0. The second-order valence-electron chi connectivity index (χ2n) is 8.09. The highest BCUT2D eigenvalue weighted by atomic mass is 32.2. The van der Waals surface area contributed by atoms with Crippen LogP contribution in [-0.4, -0.2) is 40.5 Å². The molecule has 0 unspecified atom stereocenters. The van der Waals surface area contributed by atoms with Crippen LogP contribution in [0.1, 0.15) is 20.7 Å². The summed E-state index contributed by atoms with van der Waals surface area (Å²) >= 11 is 0. The lowest BCUT2D eigenvalue weighted by atomic mass is 9.88. The largest absolute Gasteiger partial charge is 0.493 e. The highest BCUT2D eigenvalue weighted by Crippen LogP contribution is 2.45. The molecular formula is C29H24O6S. The minimum absolute atomic E-state index is 0.179. The van der Waals surface area contributed by atoms with E-state index in [0.717, 1.165) is 6.26 Å². The lowest BCUT2D eigenvalue weighted by molar-refractivity contribution is 0.0817. The van der Waals surface area contributed by atoms with Gasteiger partial charge in [0.05, 0.1) is 19.1 Å². The fraction of sp³-hybridized carbons (Fsp3) is 0.103. The Hall–Kier alpha value is -4.23. The monoisotopic (exact) mass is 500 g/mol. The van der Waals surface area contributed by atoms with Crippen LogP contribution >= 0.6 is 0 Å². The maximum absolute atomic E-state index is 13.3. The molecule has 182 valence electrons. The summed E-state index contributed by atoms with van der Waals surface area (Å²) in [7, 11) is -0.361.